The molecular weight excluding hydrogens is 541 g/mol. The summed E-state index contributed by atoms with van der Waals surface area (Å²) in [6.45, 7) is 1.39. The fourth-order valence-corrected chi connectivity index (χ4v) is 6.52. The number of halogens is 1. The van der Waals surface area contributed by atoms with Crippen molar-refractivity contribution in [1.29, 1.82) is 0 Å². The SMILES string of the molecule is Nc1ccc2cc1OSc1cccc3cc(cnc13)[C@H]1C[C@H](C1)c1ccc(c(F)c1)NC(=O)N1CCN(CC1)C2=O. The minimum absolute atomic E-state index is 0.157. The molecule has 14 rings (SSSR count). The van der Waals surface area contributed by atoms with Crippen molar-refractivity contribution < 1.29 is 18.2 Å². The Hall–Kier alpha value is -4.31. The molecule has 8 nitrogen and oxygen atoms in total. The molecule has 0 radical (unpaired) electrons. The number of urea groups is 1. The van der Waals surface area contributed by atoms with Gasteiger partial charge in [-0.15, -0.1) is 0 Å². The molecule has 0 spiro atoms. The summed E-state index contributed by atoms with van der Waals surface area (Å²) in [7, 11) is 0. The van der Waals surface area contributed by atoms with Gasteiger partial charge in [0.2, 0.25) is 0 Å². The standard InChI is InChI=1S/C31H28FN5O3S/c32-24-15-18-5-7-26(24)35-31(39)37-10-8-36(9-11-37)30(38)20-4-6-25(33)27(16-20)40-41-28-3-1-2-19-12-23(17-34-29(19)28)22-13-21(18)14-22/h1-7,12,15-17,21-22H,8-11,13-14,33H2,(H,35,39)/t21-,22+. The zero-order valence-electron chi connectivity index (χ0n) is 22.2. The van der Waals surface area contributed by atoms with Crippen LogP contribution in [-0.4, -0.2) is 52.9 Å². The number of benzene rings is 3. The molecule has 1 saturated carbocycles. The lowest BCUT2D eigenvalue weighted by Gasteiger charge is -2.36. The van der Waals surface area contributed by atoms with Crippen LogP contribution < -0.4 is 15.2 Å². The van der Waals surface area contributed by atoms with E-state index in [0.717, 1.165) is 51.8 Å². The Bertz CT molecular complexity index is 1680. The van der Waals surface area contributed by atoms with E-state index in [0.29, 0.717) is 49.1 Å². The third kappa shape index (κ3) is 4.82. The maximum atomic E-state index is 15.0. The lowest BCUT2D eigenvalue weighted by Crippen LogP contribution is -2.51. The minimum Gasteiger partial charge on any atom is -0.418 e. The van der Waals surface area contributed by atoms with Gasteiger partial charge in [0.15, 0.2) is 5.75 Å². The maximum Gasteiger partial charge on any atom is 0.322 e. The van der Waals surface area contributed by atoms with E-state index >= 15 is 4.39 Å². The number of nitrogens with two attached hydrogens (primary N) is 1. The average molecular weight is 570 g/mol. The van der Waals surface area contributed by atoms with Crippen LogP contribution in [-0.2, 0) is 0 Å². The molecule has 1 saturated heterocycles. The van der Waals surface area contributed by atoms with Gasteiger partial charge in [-0.1, -0.05) is 18.2 Å². The predicted molar refractivity (Wildman–Crippen MR) is 157 cm³/mol. The first kappa shape index (κ1) is 25.6. The topological polar surface area (TPSA) is 101 Å². The molecule has 1 aliphatic carbocycles. The first-order chi connectivity index (χ1) is 19.9. The van der Waals surface area contributed by atoms with Gasteiger partial charge in [-0.25, -0.2) is 9.18 Å². The number of carbonyl (C=O) groups excluding carboxylic acids is 2. The number of nitrogens with zero attached hydrogens (tertiary/aromatic N) is 3. The molecule has 3 amide bonds. The minimum atomic E-state index is -0.443. The van der Waals surface area contributed by atoms with Gasteiger partial charge >= 0.3 is 6.03 Å². The highest BCUT2D eigenvalue weighted by Gasteiger charge is 2.33. The van der Waals surface area contributed by atoms with Crippen LogP contribution in [0, 0.1) is 5.82 Å². The van der Waals surface area contributed by atoms with E-state index in [1.54, 1.807) is 34.1 Å². The van der Waals surface area contributed by atoms with Crippen molar-refractivity contribution >= 4 is 46.3 Å². The number of para-hydroxylation sites is 1. The Morgan fingerprint density at radius 3 is 2.51 bits per heavy atom. The van der Waals surface area contributed by atoms with Crippen molar-refractivity contribution in [2.75, 3.05) is 37.2 Å². The van der Waals surface area contributed by atoms with Gasteiger partial charge in [0, 0.05) is 43.3 Å². The second-order valence-corrected chi connectivity index (χ2v) is 11.6. The average Bonchev–Trinajstić information content (AvgIpc) is 2.96. The van der Waals surface area contributed by atoms with Crippen molar-refractivity contribution in [3.8, 4) is 5.75 Å². The number of pyridine rings is 1. The first-order valence-electron chi connectivity index (χ1n) is 13.7. The second kappa shape index (κ2) is 10.3. The van der Waals surface area contributed by atoms with Gasteiger partial charge in [-0.3, -0.25) is 9.78 Å². The molecule has 4 aromatic rings. The number of rotatable bonds is 0. The molecule has 10 heterocycles. The Kier molecular flexibility index (Phi) is 6.42. The zero-order chi connectivity index (χ0) is 28.1. The van der Waals surface area contributed by atoms with Crippen LogP contribution in [0.5, 0.6) is 5.75 Å². The Morgan fingerprint density at radius 1 is 0.927 bits per heavy atom. The van der Waals surface area contributed by atoms with Crippen LogP contribution in [0.2, 0.25) is 0 Å². The summed E-state index contributed by atoms with van der Waals surface area (Å²) < 4.78 is 21.1. The molecule has 9 aliphatic heterocycles. The second-order valence-electron chi connectivity index (χ2n) is 10.8. The Morgan fingerprint density at radius 2 is 1.71 bits per heavy atom. The number of carbonyl (C=O) groups is 2. The molecule has 10 aliphatic rings. The number of aromatic nitrogens is 1. The van der Waals surface area contributed by atoms with Crippen molar-refractivity contribution in [3.63, 3.8) is 0 Å². The molecule has 0 unspecified atom stereocenters. The smallest absolute Gasteiger partial charge is 0.322 e. The molecule has 0 atom stereocenters. The molecule has 12 bridgehead atoms. The molecule has 2 fully saturated rings. The summed E-state index contributed by atoms with van der Waals surface area (Å²) in [6.07, 6.45) is 3.74. The Balaban J connectivity index is 1.22. The number of hydrogen-bond donors (Lipinski definition) is 2. The number of nitrogens with one attached hydrogen (secondary N) is 1. The number of piperazine rings is 1. The summed E-state index contributed by atoms with van der Waals surface area (Å²) >= 11 is 1.16. The third-order valence-corrected chi connectivity index (χ3v) is 9.12. The summed E-state index contributed by atoms with van der Waals surface area (Å²) in [5.41, 5.74) is 10.1. The normalized spacial score (nSPS) is 20.6. The predicted octanol–water partition coefficient (Wildman–Crippen LogP) is 6.01. The Labute approximate surface area is 240 Å². The zero-order valence-corrected chi connectivity index (χ0v) is 23.0. The molecule has 208 valence electrons. The van der Waals surface area contributed by atoms with Gasteiger partial charge in [-0.2, -0.15) is 0 Å². The fraction of sp³-hybridized carbons (Fsp3) is 0.258. The van der Waals surface area contributed by atoms with E-state index in [4.69, 9.17) is 14.9 Å². The number of amides is 3. The third-order valence-electron chi connectivity index (χ3n) is 8.35. The van der Waals surface area contributed by atoms with E-state index in [1.807, 2.05) is 30.5 Å². The molecular formula is C31H28FN5O3S. The van der Waals surface area contributed by atoms with Crippen LogP contribution in [0.1, 0.15) is 46.2 Å². The summed E-state index contributed by atoms with van der Waals surface area (Å²) in [5.74, 6) is 0.379. The molecule has 3 N–H and O–H groups in total. The highest BCUT2D eigenvalue weighted by molar-refractivity contribution is 7.95. The van der Waals surface area contributed by atoms with E-state index in [2.05, 4.69) is 11.4 Å². The van der Waals surface area contributed by atoms with Crippen LogP contribution in [0.15, 0.2) is 71.8 Å². The van der Waals surface area contributed by atoms with Gasteiger partial charge < -0.3 is 25.0 Å². The number of hydrogen-bond acceptors (Lipinski definition) is 6. The summed E-state index contributed by atoms with van der Waals surface area (Å²) in [4.78, 5) is 35.1. The van der Waals surface area contributed by atoms with Crippen molar-refractivity contribution in [2.24, 2.45) is 0 Å². The number of anilines is 2. The van der Waals surface area contributed by atoms with Crippen molar-refractivity contribution in [1.82, 2.24) is 14.8 Å². The maximum absolute atomic E-state index is 15.0. The van der Waals surface area contributed by atoms with Crippen molar-refractivity contribution in [3.05, 3.63) is 89.4 Å². The quantitative estimate of drug-likeness (QED) is 0.199. The van der Waals surface area contributed by atoms with Gasteiger partial charge in [0.1, 0.15) is 5.82 Å². The largest absolute Gasteiger partial charge is 0.418 e. The van der Waals surface area contributed by atoms with E-state index in [9.17, 15) is 9.59 Å². The lowest BCUT2D eigenvalue weighted by molar-refractivity contribution is 0.0671. The van der Waals surface area contributed by atoms with E-state index in [-0.39, 0.29) is 23.5 Å². The highest BCUT2D eigenvalue weighted by atomic mass is 32.2. The van der Waals surface area contributed by atoms with Gasteiger partial charge in [0.25, 0.3) is 5.91 Å². The number of nitrogen functional groups attached to an aromatic ring is 1. The first-order valence-corrected chi connectivity index (χ1v) is 14.4. The monoisotopic (exact) mass is 569 g/mol. The van der Waals surface area contributed by atoms with E-state index < -0.39 is 5.82 Å². The lowest BCUT2D eigenvalue weighted by atomic mass is 9.69. The molecule has 10 heteroatoms. The fourth-order valence-electron chi connectivity index (χ4n) is 5.81. The van der Waals surface area contributed by atoms with E-state index in [1.165, 1.54) is 6.07 Å². The van der Waals surface area contributed by atoms with Gasteiger partial charge in [0.05, 0.1) is 33.8 Å². The van der Waals surface area contributed by atoms with Crippen LogP contribution in [0.25, 0.3) is 10.9 Å². The van der Waals surface area contributed by atoms with Crippen molar-refractivity contribution in [2.45, 2.75) is 29.6 Å². The van der Waals surface area contributed by atoms with Crippen LogP contribution >= 0.6 is 12.0 Å². The molecule has 3 aromatic carbocycles. The van der Waals surface area contributed by atoms with Crippen LogP contribution in [0.4, 0.5) is 20.6 Å². The summed E-state index contributed by atoms with van der Waals surface area (Å²) in [6, 6.07) is 17.8. The van der Waals surface area contributed by atoms with Gasteiger partial charge in [-0.05, 0) is 78.3 Å². The summed E-state index contributed by atoms with van der Waals surface area (Å²) in [5, 5.41) is 3.71. The highest BCUT2D eigenvalue weighted by Crippen LogP contribution is 2.48. The molecule has 41 heavy (non-hydrogen) atoms. The molecule has 1 aromatic heterocycles. The van der Waals surface area contributed by atoms with Crippen LogP contribution in [0.3, 0.4) is 0 Å².